The number of aromatic nitrogens is 1. The number of carbonyl (C=O) groups is 1. The molecule has 1 aromatic heterocycles. The smallest absolute Gasteiger partial charge is 0.305 e. The average molecular weight is 545 g/mol. The Bertz CT molecular complexity index is 1420. The lowest BCUT2D eigenvalue weighted by Gasteiger charge is -2.29. The summed E-state index contributed by atoms with van der Waals surface area (Å²) in [7, 11) is 0. The summed E-state index contributed by atoms with van der Waals surface area (Å²) in [5, 5.41) is 16.9. The highest BCUT2D eigenvalue weighted by molar-refractivity contribution is 7.16. The van der Waals surface area contributed by atoms with Gasteiger partial charge in [-0.1, -0.05) is 72.0 Å². The number of phenols is 1. The van der Waals surface area contributed by atoms with Crippen molar-refractivity contribution in [2.75, 3.05) is 32.7 Å². The van der Waals surface area contributed by atoms with Crippen LogP contribution in [-0.4, -0.2) is 59.7 Å². The van der Waals surface area contributed by atoms with Crippen molar-refractivity contribution in [3.8, 4) is 5.75 Å². The Kier molecular flexibility index (Phi) is 9.08. The Hall–Kier alpha value is -3.46. The molecule has 1 amide bonds. The topological polar surface area (TPSA) is 97.5 Å². The van der Waals surface area contributed by atoms with Crippen molar-refractivity contribution in [1.29, 1.82) is 0 Å². The lowest BCUT2D eigenvalue weighted by molar-refractivity contribution is -0.133. The second-order valence-corrected chi connectivity index (χ2v) is 11.1. The Balaban J connectivity index is 1.12. The number of thiazole rings is 1. The summed E-state index contributed by atoms with van der Waals surface area (Å²) in [6.45, 7) is 3.61. The molecule has 0 radical (unpaired) electrons. The predicted molar refractivity (Wildman–Crippen MR) is 158 cm³/mol. The van der Waals surface area contributed by atoms with Crippen molar-refractivity contribution in [2.24, 2.45) is 0 Å². The van der Waals surface area contributed by atoms with Gasteiger partial charge in [0.25, 0.3) is 0 Å². The number of hydrogen-bond donors (Lipinski definition) is 4. The molecule has 1 heterocycles. The number of aromatic hydroxyl groups is 1. The van der Waals surface area contributed by atoms with Crippen LogP contribution in [0.4, 0.5) is 0 Å². The highest BCUT2D eigenvalue weighted by atomic mass is 32.1. The number of nitrogens with one attached hydrogen (secondary N) is 3. The molecule has 7 nitrogen and oxygen atoms in total. The molecule has 0 spiro atoms. The monoisotopic (exact) mass is 544 g/mol. The second-order valence-electron chi connectivity index (χ2n) is 10.1. The van der Waals surface area contributed by atoms with Crippen LogP contribution in [0.15, 0.2) is 71.5 Å². The normalized spacial score (nSPS) is 13.1. The maximum absolute atomic E-state index is 13.4. The van der Waals surface area contributed by atoms with Crippen molar-refractivity contribution in [1.82, 2.24) is 20.5 Å². The van der Waals surface area contributed by atoms with Crippen LogP contribution in [-0.2, 0) is 30.5 Å². The largest absolute Gasteiger partial charge is 0.506 e. The number of carbonyl (C=O) groups excluding carboxylic acids is 1. The van der Waals surface area contributed by atoms with Crippen molar-refractivity contribution in [3.63, 3.8) is 0 Å². The lowest BCUT2D eigenvalue weighted by atomic mass is 10.1. The molecular weight excluding hydrogens is 508 g/mol. The number of nitrogens with zero attached hydrogens (tertiary/aromatic N) is 1. The van der Waals surface area contributed by atoms with Gasteiger partial charge < -0.3 is 25.6 Å². The van der Waals surface area contributed by atoms with E-state index in [0.29, 0.717) is 31.6 Å². The summed E-state index contributed by atoms with van der Waals surface area (Å²) in [5.74, 6) is 0.292. The summed E-state index contributed by atoms with van der Waals surface area (Å²) < 4.78 is 0.807. The number of aromatic amines is 1. The van der Waals surface area contributed by atoms with Crippen LogP contribution in [0.3, 0.4) is 0 Å². The van der Waals surface area contributed by atoms with E-state index in [1.54, 1.807) is 6.07 Å². The second kappa shape index (κ2) is 13.1. The third-order valence-electron chi connectivity index (χ3n) is 7.48. The first-order valence-corrected chi connectivity index (χ1v) is 14.6. The van der Waals surface area contributed by atoms with Crippen LogP contribution in [0.5, 0.6) is 5.75 Å². The molecule has 39 heavy (non-hydrogen) atoms. The zero-order valence-electron chi connectivity index (χ0n) is 22.1. The maximum Gasteiger partial charge on any atom is 0.305 e. The highest BCUT2D eigenvalue weighted by Crippen LogP contribution is 2.28. The molecule has 1 aliphatic carbocycles. The van der Waals surface area contributed by atoms with E-state index >= 15 is 0 Å². The van der Waals surface area contributed by atoms with E-state index in [0.717, 1.165) is 60.4 Å². The molecule has 0 saturated heterocycles. The van der Waals surface area contributed by atoms with Gasteiger partial charge in [-0.15, -0.1) is 0 Å². The summed E-state index contributed by atoms with van der Waals surface area (Å²) in [6.07, 6.45) is 3.98. The van der Waals surface area contributed by atoms with Crippen molar-refractivity contribution >= 4 is 27.5 Å². The standard InChI is InChI=1S/C31H36N4O3S/c36-27-11-10-23(30-29(27)34-31(38)39-30)13-16-33-18-19-35(26-20-24-8-4-5-9-25(24)21-26)28(37)14-17-32-15-12-22-6-2-1-3-7-22/h1-11,26,32-33,36H,12-21H2,(H,34,38). The van der Waals surface area contributed by atoms with Crippen molar-refractivity contribution in [2.45, 2.75) is 38.1 Å². The van der Waals surface area contributed by atoms with Gasteiger partial charge in [-0.3, -0.25) is 9.59 Å². The van der Waals surface area contributed by atoms with Crippen LogP contribution < -0.4 is 15.5 Å². The number of rotatable bonds is 13. The number of fused-ring (bicyclic) bond motifs is 2. The van der Waals surface area contributed by atoms with Gasteiger partial charge in [0.15, 0.2) is 0 Å². The van der Waals surface area contributed by atoms with Crippen molar-refractivity contribution < 1.29 is 9.90 Å². The van der Waals surface area contributed by atoms with E-state index in [2.05, 4.69) is 69.0 Å². The minimum Gasteiger partial charge on any atom is -0.506 e. The SMILES string of the molecule is O=C(CCNCCc1ccccc1)N(CCNCCc1ccc(O)c2[nH]c(=O)sc12)C1Cc2ccccc2C1. The molecule has 3 aromatic carbocycles. The van der Waals surface area contributed by atoms with Gasteiger partial charge >= 0.3 is 4.87 Å². The molecule has 0 unspecified atom stereocenters. The van der Waals surface area contributed by atoms with Crippen LogP contribution in [0.25, 0.3) is 10.2 Å². The molecule has 1 aliphatic rings. The Morgan fingerprint density at radius 2 is 1.59 bits per heavy atom. The van der Waals surface area contributed by atoms with Crippen LogP contribution in [0.2, 0.25) is 0 Å². The lowest BCUT2D eigenvalue weighted by Crippen LogP contribution is -2.45. The minimum absolute atomic E-state index is 0.0985. The summed E-state index contributed by atoms with van der Waals surface area (Å²) in [4.78, 5) is 29.8. The molecule has 0 bridgehead atoms. The average Bonchev–Trinajstić information content (AvgIpc) is 3.56. The molecular formula is C31H36N4O3S. The molecule has 8 heteroatoms. The van der Waals surface area contributed by atoms with Gasteiger partial charge in [0.2, 0.25) is 5.91 Å². The molecule has 4 N–H and O–H groups in total. The fourth-order valence-corrected chi connectivity index (χ4v) is 6.32. The fourth-order valence-electron chi connectivity index (χ4n) is 5.43. The first-order chi connectivity index (χ1) is 19.1. The van der Waals surface area contributed by atoms with Crippen LogP contribution in [0.1, 0.15) is 28.7 Å². The van der Waals surface area contributed by atoms with Gasteiger partial charge in [-0.05, 0) is 67.1 Å². The zero-order chi connectivity index (χ0) is 27.0. The van der Waals surface area contributed by atoms with Crippen LogP contribution >= 0.6 is 11.3 Å². The fraction of sp³-hybridized carbons (Fsp3) is 0.355. The molecule has 4 aromatic rings. The van der Waals surface area contributed by atoms with E-state index in [-0.39, 0.29) is 22.6 Å². The van der Waals surface area contributed by atoms with E-state index in [1.165, 1.54) is 16.7 Å². The predicted octanol–water partition coefficient (Wildman–Crippen LogP) is 3.65. The molecule has 204 valence electrons. The van der Waals surface area contributed by atoms with Crippen LogP contribution in [0, 0.1) is 0 Å². The van der Waals surface area contributed by atoms with Gasteiger partial charge in [-0.25, -0.2) is 0 Å². The number of phenolic OH excluding ortho intramolecular Hbond substituents is 1. The number of benzene rings is 3. The van der Waals surface area contributed by atoms with E-state index in [9.17, 15) is 14.7 Å². The van der Waals surface area contributed by atoms with Gasteiger partial charge in [0, 0.05) is 32.1 Å². The first-order valence-electron chi connectivity index (χ1n) is 13.7. The highest BCUT2D eigenvalue weighted by Gasteiger charge is 2.29. The Morgan fingerprint density at radius 3 is 2.36 bits per heavy atom. The zero-order valence-corrected chi connectivity index (χ0v) is 22.9. The maximum atomic E-state index is 13.4. The molecule has 0 saturated carbocycles. The molecule has 0 atom stereocenters. The molecule has 0 aliphatic heterocycles. The number of H-pyrrole nitrogens is 1. The summed E-state index contributed by atoms with van der Waals surface area (Å²) in [5.41, 5.74) is 5.52. The quantitative estimate of drug-likeness (QED) is 0.193. The van der Waals surface area contributed by atoms with Gasteiger partial charge in [0.05, 0.1) is 4.70 Å². The summed E-state index contributed by atoms with van der Waals surface area (Å²) in [6, 6.07) is 22.6. The Morgan fingerprint density at radius 1 is 0.897 bits per heavy atom. The van der Waals surface area contributed by atoms with Gasteiger partial charge in [-0.2, -0.15) is 0 Å². The third-order valence-corrected chi connectivity index (χ3v) is 8.44. The Labute approximate surface area is 232 Å². The van der Waals surface area contributed by atoms with Crippen molar-refractivity contribution in [3.05, 3.63) is 98.7 Å². The minimum atomic E-state index is -0.165. The summed E-state index contributed by atoms with van der Waals surface area (Å²) >= 11 is 1.13. The third kappa shape index (κ3) is 6.95. The molecule has 5 rings (SSSR count). The first kappa shape index (κ1) is 27.1. The number of amides is 1. The van der Waals surface area contributed by atoms with E-state index in [4.69, 9.17) is 0 Å². The van der Waals surface area contributed by atoms with E-state index < -0.39 is 0 Å². The molecule has 0 fully saturated rings. The van der Waals surface area contributed by atoms with Gasteiger partial charge in [0.1, 0.15) is 11.3 Å². The van der Waals surface area contributed by atoms with E-state index in [1.807, 2.05) is 12.1 Å². The number of hydrogen-bond acceptors (Lipinski definition) is 6.